The van der Waals surface area contributed by atoms with Gasteiger partial charge in [-0.2, -0.15) is 0 Å². The molecule has 4 nitrogen and oxygen atoms in total. The highest BCUT2D eigenvalue weighted by Gasteiger charge is 2.27. The van der Waals surface area contributed by atoms with Crippen molar-refractivity contribution in [1.29, 1.82) is 0 Å². The quantitative estimate of drug-likeness (QED) is 0.858. The summed E-state index contributed by atoms with van der Waals surface area (Å²) in [7, 11) is 1.86. The summed E-state index contributed by atoms with van der Waals surface area (Å²) >= 11 is 0. The van der Waals surface area contributed by atoms with Gasteiger partial charge in [-0.1, -0.05) is 6.07 Å². The molecule has 0 saturated carbocycles. The van der Waals surface area contributed by atoms with Crippen LogP contribution in [0.5, 0.6) is 0 Å². The average Bonchev–Trinajstić information content (AvgIpc) is 2.58. The van der Waals surface area contributed by atoms with Crippen LogP contribution in [-0.4, -0.2) is 38.6 Å². The van der Waals surface area contributed by atoms with Gasteiger partial charge in [-0.15, -0.1) is 0 Å². The van der Waals surface area contributed by atoms with Crippen molar-refractivity contribution < 1.29 is 9.18 Å². The second-order valence-electron chi connectivity index (χ2n) is 4.73. The van der Waals surface area contributed by atoms with E-state index >= 15 is 0 Å². The monoisotopic (exact) mass is 265 g/mol. The first kappa shape index (κ1) is 13.8. The van der Waals surface area contributed by atoms with E-state index in [-0.39, 0.29) is 17.8 Å². The molecule has 1 atom stereocenters. The van der Waals surface area contributed by atoms with Crippen molar-refractivity contribution >= 4 is 11.6 Å². The molecule has 0 aromatic heterocycles. The van der Waals surface area contributed by atoms with Crippen LogP contribution in [0.2, 0.25) is 0 Å². The van der Waals surface area contributed by atoms with E-state index in [2.05, 4.69) is 10.6 Å². The topological polar surface area (TPSA) is 44.4 Å². The van der Waals surface area contributed by atoms with Crippen molar-refractivity contribution in [1.82, 2.24) is 10.6 Å². The summed E-state index contributed by atoms with van der Waals surface area (Å²) in [4.78, 5) is 14.1. The van der Waals surface area contributed by atoms with Gasteiger partial charge in [-0.3, -0.25) is 4.79 Å². The number of anilines is 1. The number of carbonyl (C=O) groups is 1. The molecule has 1 heterocycles. The molecule has 5 heteroatoms. The Bertz CT molecular complexity index is 438. The number of rotatable bonds is 4. The minimum atomic E-state index is -0.269. The number of amides is 1. The normalized spacial score (nSPS) is 20.0. The second kappa shape index (κ2) is 6.52. The minimum Gasteiger partial charge on any atom is -0.359 e. The van der Waals surface area contributed by atoms with Crippen LogP contribution in [0.15, 0.2) is 24.3 Å². The van der Waals surface area contributed by atoms with Crippen LogP contribution in [0.3, 0.4) is 0 Å². The Kier molecular flexibility index (Phi) is 4.74. The number of halogens is 1. The van der Waals surface area contributed by atoms with E-state index in [0.29, 0.717) is 13.0 Å². The van der Waals surface area contributed by atoms with Crippen LogP contribution >= 0.6 is 0 Å². The molecule has 19 heavy (non-hydrogen) atoms. The van der Waals surface area contributed by atoms with Crippen molar-refractivity contribution in [3.05, 3.63) is 30.1 Å². The van der Waals surface area contributed by atoms with E-state index in [1.54, 1.807) is 6.07 Å². The highest BCUT2D eigenvalue weighted by atomic mass is 19.1. The molecule has 1 aromatic carbocycles. The van der Waals surface area contributed by atoms with Gasteiger partial charge < -0.3 is 15.5 Å². The van der Waals surface area contributed by atoms with Crippen LogP contribution in [0, 0.1) is 5.82 Å². The maximum absolute atomic E-state index is 13.4. The lowest BCUT2D eigenvalue weighted by atomic mass is 10.1. The molecule has 1 aliphatic heterocycles. The fourth-order valence-corrected chi connectivity index (χ4v) is 2.41. The van der Waals surface area contributed by atoms with Gasteiger partial charge in [0.05, 0.1) is 0 Å². The highest BCUT2D eigenvalue weighted by molar-refractivity contribution is 5.85. The summed E-state index contributed by atoms with van der Waals surface area (Å²) in [6, 6.07) is 6.21. The van der Waals surface area contributed by atoms with Crippen LogP contribution < -0.4 is 15.5 Å². The second-order valence-corrected chi connectivity index (χ2v) is 4.73. The Labute approximate surface area is 113 Å². The summed E-state index contributed by atoms with van der Waals surface area (Å²) in [6.45, 7) is 2.20. The largest absolute Gasteiger partial charge is 0.359 e. The third-order valence-electron chi connectivity index (χ3n) is 3.36. The molecule has 0 radical (unpaired) electrons. The molecule has 1 saturated heterocycles. The Balaban J connectivity index is 2.24. The molecule has 0 spiro atoms. The van der Waals surface area contributed by atoms with Gasteiger partial charge in [0.1, 0.15) is 11.9 Å². The van der Waals surface area contributed by atoms with Crippen molar-refractivity contribution in [2.75, 3.05) is 31.6 Å². The van der Waals surface area contributed by atoms with Gasteiger partial charge in [0.25, 0.3) is 0 Å². The van der Waals surface area contributed by atoms with Crippen LogP contribution in [0.25, 0.3) is 0 Å². The molecular formula is C14H20FN3O. The molecule has 1 aromatic rings. The lowest BCUT2D eigenvalue weighted by molar-refractivity contribution is -0.122. The molecule has 2 N–H and O–H groups in total. The maximum Gasteiger partial charge on any atom is 0.242 e. The fraction of sp³-hybridized carbons (Fsp3) is 0.500. The molecule has 0 aliphatic carbocycles. The highest BCUT2D eigenvalue weighted by Crippen LogP contribution is 2.21. The van der Waals surface area contributed by atoms with E-state index < -0.39 is 0 Å². The molecule has 1 amide bonds. The Hall–Kier alpha value is -1.62. The number of benzene rings is 1. The molecular weight excluding hydrogens is 245 g/mol. The lowest BCUT2D eigenvalue weighted by Crippen LogP contribution is -2.45. The summed E-state index contributed by atoms with van der Waals surface area (Å²) in [5.41, 5.74) is 0.776. The first-order chi connectivity index (χ1) is 9.22. The third-order valence-corrected chi connectivity index (χ3v) is 3.36. The maximum atomic E-state index is 13.4. The molecule has 2 rings (SSSR count). The first-order valence-electron chi connectivity index (χ1n) is 6.67. The molecule has 0 bridgehead atoms. The van der Waals surface area contributed by atoms with E-state index in [1.807, 2.05) is 18.0 Å². The summed E-state index contributed by atoms with van der Waals surface area (Å²) < 4.78 is 13.4. The van der Waals surface area contributed by atoms with Gasteiger partial charge in [0.2, 0.25) is 5.91 Å². The molecule has 104 valence electrons. The number of nitrogens with zero attached hydrogens (tertiary/aromatic N) is 1. The number of hydrogen-bond donors (Lipinski definition) is 2. The zero-order valence-electron chi connectivity index (χ0n) is 11.2. The van der Waals surface area contributed by atoms with E-state index in [9.17, 15) is 9.18 Å². The molecule has 1 fully saturated rings. The lowest BCUT2D eigenvalue weighted by Gasteiger charge is -2.30. The summed E-state index contributed by atoms with van der Waals surface area (Å²) in [5.74, 6) is -0.244. The van der Waals surface area contributed by atoms with Gasteiger partial charge in [-0.25, -0.2) is 4.39 Å². The van der Waals surface area contributed by atoms with Gasteiger partial charge in [0.15, 0.2) is 0 Å². The zero-order chi connectivity index (χ0) is 13.7. The van der Waals surface area contributed by atoms with Crippen molar-refractivity contribution in [2.24, 2.45) is 0 Å². The van der Waals surface area contributed by atoms with Crippen LogP contribution in [0.1, 0.15) is 12.8 Å². The zero-order valence-corrected chi connectivity index (χ0v) is 11.2. The SMILES string of the molecule is CNCCC1C(=O)NCCCN1c1cccc(F)c1. The van der Waals surface area contributed by atoms with Gasteiger partial charge in [0, 0.05) is 18.8 Å². The first-order valence-corrected chi connectivity index (χ1v) is 6.67. The Morgan fingerprint density at radius 3 is 3.11 bits per heavy atom. The predicted molar refractivity (Wildman–Crippen MR) is 73.7 cm³/mol. The fourth-order valence-electron chi connectivity index (χ4n) is 2.41. The van der Waals surface area contributed by atoms with E-state index in [0.717, 1.165) is 25.2 Å². The Morgan fingerprint density at radius 2 is 2.37 bits per heavy atom. The average molecular weight is 265 g/mol. The standard InChI is InChI=1S/C14H20FN3O/c1-16-8-6-13-14(19)17-7-3-9-18(13)12-5-2-4-11(15)10-12/h2,4-5,10,13,16H,3,6-9H2,1H3,(H,17,19). The van der Waals surface area contributed by atoms with Crippen LogP contribution in [0.4, 0.5) is 10.1 Å². The Morgan fingerprint density at radius 1 is 1.53 bits per heavy atom. The summed E-state index contributed by atoms with van der Waals surface area (Å²) in [6.07, 6.45) is 1.58. The summed E-state index contributed by atoms with van der Waals surface area (Å²) in [5, 5.41) is 5.97. The van der Waals surface area contributed by atoms with Gasteiger partial charge in [-0.05, 0) is 44.6 Å². The predicted octanol–water partition coefficient (Wildman–Crippen LogP) is 1.13. The number of hydrogen-bond acceptors (Lipinski definition) is 3. The smallest absolute Gasteiger partial charge is 0.242 e. The van der Waals surface area contributed by atoms with Gasteiger partial charge >= 0.3 is 0 Å². The third kappa shape index (κ3) is 3.44. The van der Waals surface area contributed by atoms with Crippen molar-refractivity contribution in [2.45, 2.75) is 18.9 Å². The van der Waals surface area contributed by atoms with Crippen molar-refractivity contribution in [3.8, 4) is 0 Å². The van der Waals surface area contributed by atoms with Crippen LogP contribution in [-0.2, 0) is 4.79 Å². The minimum absolute atomic E-state index is 0.0250. The van der Waals surface area contributed by atoms with Crippen molar-refractivity contribution in [3.63, 3.8) is 0 Å². The number of carbonyl (C=O) groups excluding carboxylic acids is 1. The molecule has 1 unspecified atom stereocenters. The van der Waals surface area contributed by atoms with E-state index in [4.69, 9.17) is 0 Å². The molecule has 1 aliphatic rings. The van der Waals surface area contributed by atoms with E-state index in [1.165, 1.54) is 12.1 Å². The number of nitrogens with one attached hydrogen (secondary N) is 2.